The van der Waals surface area contributed by atoms with E-state index >= 15 is 0 Å². The van der Waals surface area contributed by atoms with Crippen molar-refractivity contribution in [1.82, 2.24) is 0 Å². The van der Waals surface area contributed by atoms with Crippen LogP contribution in [0.5, 0.6) is 0 Å². The minimum atomic E-state index is -1.23. The summed E-state index contributed by atoms with van der Waals surface area (Å²) in [6.45, 7) is 5.17. The standard InChI is InChI=1S/C11H20O5S/c1-5(2)11-10(15)9(14)8(13)7(16-11)4-17-6(3)12/h5,7-11,13-15H,4H2,1-3H3/t7?,8-,9?,10?,11-/m0/s1. The minimum absolute atomic E-state index is 0.0250. The van der Waals surface area contributed by atoms with Crippen LogP contribution < -0.4 is 0 Å². The molecule has 5 nitrogen and oxygen atoms in total. The number of aliphatic hydroxyl groups is 3. The second kappa shape index (κ2) is 6.15. The number of aliphatic hydroxyl groups excluding tert-OH is 3. The number of hydrogen-bond acceptors (Lipinski definition) is 6. The molecule has 0 spiro atoms. The van der Waals surface area contributed by atoms with Crippen molar-refractivity contribution in [2.24, 2.45) is 5.92 Å². The van der Waals surface area contributed by atoms with Crippen LogP contribution in [0, 0.1) is 5.92 Å². The van der Waals surface area contributed by atoms with E-state index in [4.69, 9.17) is 4.74 Å². The Morgan fingerprint density at radius 2 is 1.82 bits per heavy atom. The third-order valence-corrected chi connectivity index (χ3v) is 3.76. The summed E-state index contributed by atoms with van der Waals surface area (Å²) in [5, 5.41) is 29.2. The fourth-order valence-corrected chi connectivity index (χ4v) is 2.54. The molecule has 0 aromatic heterocycles. The van der Waals surface area contributed by atoms with E-state index < -0.39 is 30.5 Å². The molecule has 1 aliphatic rings. The van der Waals surface area contributed by atoms with Crippen molar-refractivity contribution in [2.45, 2.75) is 51.3 Å². The van der Waals surface area contributed by atoms with Crippen molar-refractivity contribution in [1.29, 1.82) is 0 Å². The van der Waals surface area contributed by atoms with Crippen molar-refractivity contribution in [2.75, 3.05) is 5.75 Å². The Bertz CT molecular complexity index is 271. The summed E-state index contributed by atoms with van der Waals surface area (Å²) >= 11 is 1.04. The summed E-state index contributed by atoms with van der Waals surface area (Å²) in [6, 6.07) is 0. The highest BCUT2D eigenvalue weighted by Gasteiger charge is 2.44. The minimum Gasteiger partial charge on any atom is -0.388 e. The van der Waals surface area contributed by atoms with E-state index in [1.54, 1.807) is 0 Å². The lowest BCUT2D eigenvalue weighted by Crippen LogP contribution is -2.59. The highest BCUT2D eigenvalue weighted by atomic mass is 32.2. The molecule has 0 amide bonds. The fourth-order valence-electron chi connectivity index (χ4n) is 1.87. The zero-order valence-electron chi connectivity index (χ0n) is 10.2. The van der Waals surface area contributed by atoms with Gasteiger partial charge in [-0.2, -0.15) is 0 Å². The molecule has 0 aromatic carbocycles. The molecule has 100 valence electrons. The maximum absolute atomic E-state index is 10.9. The molecule has 17 heavy (non-hydrogen) atoms. The molecular formula is C11H20O5S. The third-order valence-electron chi connectivity index (χ3n) is 2.86. The molecular weight excluding hydrogens is 244 g/mol. The Kier molecular flexibility index (Phi) is 5.40. The SMILES string of the molecule is CC(=O)SCC1O[C@@H](C(C)C)C(O)C(O)[C@H]1O. The van der Waals surface area contributed by atoms with Crippen LogP contribution in [0.2, 0.25) is 0 Å². The van der Waals surface area contributed by atoms with Crippen LogP contribution in [0.1, 0.15) is 20.8 Å². The first kappa shape index (κ1) is 14.9. The molecule has 1 heterocycles. The Morgan fingerprint density at radius 3 is 2.29 bits per heavy atom. The van der Waals surface area contributed by atoms with Gasteiger partial charge in [0.1, 0.15) is 18.3 Å². The van der Waals surface area contributed by atoms with Crippen LogP contribution in [0.25, 0.3) is 0 Å². The monoisotopic (exact) mass is 264 g/mol. The highest BCUT2D eigenvalue weighted by Crippen LogP contribution is 2.27. The summed E-state index contributed by atoms with van der Waals surface area (Å²) in [6.07, 6.45) is -4.63. The van der Waals surface area contributed by atoms with Crippen LogP contribution >= 0.6 is 11.8 Å². The Hall–Kier alpha value is -0.140. The second-order valence-electron chi connectivity index (χ2n) is 4.66. The van der Waals surface area contributed by atoms with Crippen molar-refractivity contribution < 1.29 is 24.9 Å². The molecule has 6 heteroatoms. The maximum Gasteiger partial charge on any atom is 0.185 e. The topological polar surface area (TPSA) is 87.0 Å². The average molecular weight is 264 g/mol. The summed E-state index contributed by atoms with van der Waals surface area (Å²) in [5.74, 6) is 0.306. The fraction of sp³-hybridized carbons (Fsp3) is 0.909. The van der Waals surface area contributed by atoms with Gasteiger partial charge in [0.25, 0.3) is 0 Å². The summed E-state index contributed by atoms with van der Waals surface area (Å²) in [4.78, 5) is 10.9. The first-order valence-electron chi connectivity index (χ1n) is 5.67. The predicted octanol–water partition coefficient (Wildman–Crippen LogP) is -0.228. The van der Waals surface area contributed by atoms with E-state index in [1.165, 1.54) is 6.92 Å². The zero-order chi connectivity index (χ0) is 13.2. The number of carbonyl (C=O) groups is 1. The number of hydrogen-bond donors (Lipinski definition) is 3. The summed E-state index contributed by atoms with van der Waals surface area (Å²) in [7, 11) is 0. The molecule has 0 bridgehead atoms. The summed E-state index contributed by atoms with van der Waals surface area (Å²) in [5.41, 5.74) is 0. The van der Waals surface area contributed by atoms with Gasteiger partial charge in [0, 0.05) is 12.7 Å². The Balaban J connectivity index is 2.67. The number of rotatable bonds is 3. The van der Waals surface area contributed by atoms with Crippen molar-refractivity contribution in [3.63, 3.8) is 0 Å². The van der Waals surface area contributed by atoms with E-state index in [9.17, 15) is 20.1 Å². The Labute approximate surface area is 105 Å². The number of thioether (sulfide) groups is 1. The van der Waals surface area contributed by atoms with Gasteiger partial charge >= 0.3 is 0 Å². The molecule has 0 aromatic rings. The Morgan fingerprint density at radius 1 is 1.24 bits per heavy atom. The normalized spacial score (nSPS) is 38.4. The summed E-state index contributed by atoms with van der Waals surface area (Å²) < 4.78 is 5.56. The molecule has 1 aliphatic heterocycles. The largest absolute Gasteiger partial charge is 0.388 e. The number of carbonyl (C=O) groups excluding carboxylic acids is 1. The average Bonchev–Trinajstić information content (AvgIpc) is 2.24. The lowest BCUT2D eigenvalue weighted by molar-refractivity contribution is -0.225. The van der Waals surface area contributed by atoms with Crippen molar-refractivity contribution in [3.05, 3.63) is 0 Å². The second-order valence-corrected chi connectivity index (χ2v) is 5.85. The quantitative estimate of drug-likeness (QED) is 0.653. The van der Waals surface area contributed by atoms with Gasteiger partial charge in [-0.15, -0.1) is 0 Å². The highest BCUT2D eigenvalue weighted by molar-refractivity contribution is 8.13. The number of ether oxygens (including phenoxy) is 1. The lowest BCUT2D eigenvalue weighted by atomic mass is 9.90. The van der Waals surface area contributed by atoms with Gasteiger partial charge in [-0.05, 0) is 5.92 Å². The molecule has 3 unspecified atom stereocenters. The predicted molar refractivity (Wildman–Crippen MR) is 64.7 cm³/mol. The molecule has 0 aliphatic carbocycles. The molecule has 0 saturated carbocycles. The molecule has 3 N–H and O–H groups in total. The third kappa shape index (κ3) is 3.66. The van der Waals surface area contributed by atoms with E-state index in [0.29, 0.717) is 0 Å². The maximum atomic E-state index is 10.9. The van der Waals surface area contributed by atoms with E-state index in [-0.39, 0.29) is 16.8 Å². The van der Waals surface area contributed by atoms with Gasteiger partial charge in [-0.3, -0.25) is 4.79 Å². The smallest absolute Gasteiger partial charge is 0.185 e. The van der Waals surface area contributed by atoms with Gasteiger partial charge in [-0.1, -0.05) is 25.6 Å². The molecule has 5 atom stereocenters. The van der Waals surface area contributed by atoms with Crippen LogP contribution in [0.15, 0.2) is 0 Å². The van der Waals surface area contributed by atoms with Crippen LogP contribution in [0.4, 0.5) is 0 Å². The first-order chi connectivity index (χ1) is 7.84. The molecule has 1 fully saturated rings. The zero-order valence-corrected chi connectivity index (χ0v) is 11.1. The van der Waals surface area contributed by atoms with E-state index in [1.807, 2.05) is 13.8 Å². The molecule has 1 rings (SSSR count). The van der Waals surface area contributed by atoms with Crippen LogP contribution in [0.3, 0.4) is 0 Å². The van der Waals surface area contributed by atoms with Crippen LogP contribution in [-0.4, -0.2) is 56.7 Å². The lowest BCUT2D eigenvalue weighted by Gasteiger charge is -2.42. The van der Waals surface area contributed by atoms with E-state index in [0.717, 1.165) is 11.8 Å². The van der Waals surface area contributed by atoms with Gasteiger partial charge in [0.2, 0.25) is 0 Å². The van der Waals surface area contributed by atoms with Gasteiger partial charge in [0.05, 0.1) is 12.2 Å². The van der Waals surface area contributed by atoms with Crippen LogP contribution in [-0.2, 0) is 9.53 Å². The molecule has 0 radical (unpaired) electrons. The van der Waals surface area contributed by atoms with Crippen molar-refractivity contribution >= 4 is 16.9 Å². The van der Waals surface area contributed by atoms with Gasteiger partial charge in [0.15, 0.2) is 5.12 Å². The van der Waals surface area contributed by atoms with Crippen molar-refractivity contribution in [3.8, 4) is 0 Å². The van der Waals surface area contributed by atoms with E-state index in [2.05, 4.69) is 0 Å². The van der Waals surface area contributed by atoms with Gasteiger partial charge < -0.3 is 20.1 Å². The first-order valence-corrected chi connectivity index (χ1v) is 6.66. The van der Waals surface area contributed by atoms with Gasteiger partial charge in [-0.25, -0.2) is 0 Å². The molecule has 1 saturated heterocycles.